The number of aromatic nitrogens is 3. The lowest BCUT2D eigenvalue weighted by Crippen LogP contribution is -2.10. The first-order chi connectivity index (χ1) is 10.6. The summed E-state index contributed by atoms with van der Waals surface area (Å²) >= 11 is 1.16. The van der Waals surface area contributed by atoms with Crippen LogP contribution in [0.25, 0.3) is 21.7 Å². The van der Waals surface area contributed by atoms with Gasteiger partial charge in [0.1, 0.15) is 15.4 Å². The topological polar surface area (TPSA) is 84.9 Å². The van der Waals surface area contributed by atoms with E-state index in [1.807, 2.05) is 6.07 Å². The Labute approximate surface area is 129 Å². The molecule has 0 saturated heterocycles. The Morgan fingerprint density at radius 2 is 2.23 bits per heavy atom. The van der Waals surface area contributed by atoms with Crippen molar-refractivity contribution in [1.82, 2.24) is 15.0 Å². The largest absolute Gasteiger partial charge is 0.462 e. The van der Waals surface area contributed by atoms with Gasteiger partial charge in [-0.25, -0.2) is 9.78 Å². The van der Waals surface area contributed by atoms with Gasteiger partial charge in [-0.15, -0.1) is 11.3 Å². The van der Waals surface area contributed by atoms with Crippen LogP contribution in [0.3, 0.4) is 0 Å². The molecule has 22 heavy (non-hydrogen) atoms. The number of thiophene rings is 1. The number of aryl methyl sites for hydroxylation is 1. The van der Waals surface area contributed by atoms with Gasteiger partial charge in [-0.1, -0.05) is 6.07 Å². The van der Waals surface area contributed by atoms with Gasteiger partial charge in [-0.3, -0.25) is 9.78 Å². The summed E-state index contributed by atoms with van der Waals surface area (Å²) in [4.78, 5) is 36.5. The number of H-pyrrole nitrogens is 1. The van der Waals surface area contributed by atoms with Gasteiger partial charge in [0.2, 0.25) is 0 Å². The van der Waals surface area contributed by atoms with Crippen LogP contribution in [0, 0.1) is 6.92 Å². The maximum Gasteiger partial charge on any atom is 0.348 e. The number of esters is 1. The predicted octanol–water partition coefficient (Wildman–Crippen LogP) is 2.53. The van der Waals surface area contributed by atoms with Gasteiger partial charge in [0.05, 0.1) is 12.0 Å². The highest BCUT2D eigenvalue weighted by Crippen LogP contribution is 2.28. The smallest absolute Gasteiger partial charge is 0.348 e. The molecule has 0 fully saturated rings. The number of nitrogens with one attached hydrogen (secondary N) is 1. The van der Waals surface area contributed by atoms with Crippen LogP contribution < -0.4 is 5.56 Å². The first-order valence-corrected chi connectivity index (χ1v) is 7.55. The number of pyridine rings is 1. The van der Waals surface area contributed by atoms with Crippen LogP contribution in [0.1, 0.15) is 22.2 Å². The minimum absolute atomic E-state index is 0.282. The first-order valence-electron chi connectivity index (χ1n) is 6.73. The minimum atomic E-state index is -0.429. The summed E-state index contributed by atoms with van der Waals surface area (Å²) in [6, 6.07) is 5.36. The number of nitrogens with zero attached hydrogens (tertiary/aromatic N) is 2. The van der Waals surface area contributed by atoms with Gasteiger partial charge in [-0.2, -0.15) is 0 Å². The summed E-state index contributed by atoms with van der Waals surface area (Å²) in [6.45, 7) is 3.75. The van der Waals surface area contributed by atoms with Crippen molar-refractivity contribution < 1.29 is 9.53 Å². The van der Waals surface area contributed by atoms with E-state index in [1.54, 1.807) is 32.2 Å². The number of rotatable bonds is 3. The molecular weight excluding hydrogens is 302 g/mol. The second-order valence-corrected chi connectivity index (χ2v) is 5.59. The molecule has 0 aromatic carbocycles. The number of fused-ring (bicyclic) bond motifs is 1. The molecule has 0 radical (unpaired) electrons. The minimum Gasteiger partial charge on any atom is -0.462 e. The van der Waals surface area contributed by atoms with E-state index < -0.39 is 5.97 Å². The zero-order valence-corrected chi connectivity index (χ0v) is 12.9. The molecule has 112 valence electrons. The van der Waals surface area contributed by atoms with E-state index >= 15 is 0 Å². The van der Waals surface area contributed by atoms with Gasteiger partial charge in [0, 0.05) is 6.20 Å². The van der Waals surface area contributed by atoms with Gasteiger partial charge in [-0.05, 0) is 31.5 Å². The third-order valence-corrected chi connectivity index (χ3v) is 4.33. The van der Waals surface area contributed by atoms with E-state index in [9.17, 15) is 9.59 Å². The summed E-state index contributed by atoms with van der Waals surface area (Å²) in [5.41, 5.74) is 0.889. The Morgan fingerprint density at radius 1 is 1.41 bits per heavy atom. The SMILES string of the molecule is CCOC(=O)c1sc2nc(-c3ccccn3)[nH]c(=O)c2c1C. The molecule has 0 atom stereocenters. The van der Waals surface area contributed by atoms with E-state index in [-0.39, 0.29) is 12.2 Å². The molecule has 3 aromatic heterocycles. The van der Waals surface area contributed by atoms with Gasteiger partial charge >= 0.3 is 5.97 Å². The molecular formula is C15H13N3O3S. The van der Waals surface area contributed by atoms with Crippen LogP contribution >= 0.6 is 11.3 Å². The molecule has 6 nitrogen and oxygen atoms in total. The maximum atomic E-state index is 12.3. The molecule has 7 heteroatoms. The van der Waals surface area contributed by atoms with Crippen molar-refractivity contribution in [3.05, 3.63) is 45.2 Å². The summed E-state index contributed by atoms with van der Waals surface area (Å²) in [6.07, 6.45) is 1.63. The van der Waals surface area contributed by atoms with Crippen molar-refractivity contribution in [2.75, 3.05) is 6.61 Å². The Kier molecular flexibility index (Phi) is 3.72. The lowest BCUT2D eigenvalue weighted by Gasteiger charge is -1.99. The second kappa shape index (κ2) is 5.69. The Hall–Kier alpha value is -2.54. The quantitative estimate of drug-likeness (QED) is 0.751. The number of aromatic amines is 1. The molecule has 0 unspecified atom stereocenters. The number of hydrogen-bond acceptors (Lipinski definition) is 6. The summed E-state index contributed by atoms with van der Waals surface area (Å²) in [7, 11) is 0. The first kappa shape index (κ1) is 14.4. The van der Waals surface area contributed by atoms with Crippen molar-refractivity contribution >= 4 is 27.5 Å². The Bertz CT molecular complexity index is 900. The summed E-state index contributed by atoms with van der Waals surface area (Å²) in [5, 5.41) is 0.424. The van der Waals surface area contributed by atoms with E-state index in [2.05, 4.69) is 15.0 Å². The van der Waals surface area contributed by atoms with Crippen molar-refractivity contribution in [2.45, 2.75) is 13.8 Å². The van der Waals surface area contributed by atoms with Crippen LogP contribution in [0.2, 0.25) is 0 Å². The highest BCUT2D eigenvalue weighted by atomic mass is 32.1. The maximum absolute atomic E-state index is 12.3. The van der Waals surface area contributed by atoms with E-state index in [1.165, 1.54) is 0 Å². The van der Waals surface area contributed by atoms with Crippen LogP contribution in [0.15, 0.2) is 29.2 Å². The molecule has 0 spiro atoms. The highest BCUT2D eigenvalue weighted by molar-refractivity contribution is 7.20. The zero-order valence-electron chi connectivity index (χ0n) is 12.0. The van der Waals surface area contributed by atoms with Crippen LogP contribution in [-0.4, -0.2) is 27.5 Å². The lowest BCUT2D eigenvalue weighted by atomic mass is 10.2. The highest BCUT2D eigenvalue weighted by Gasteiger charge is 2.20. The van der Waals surface area contributed by atoms with Crippen molar-refractivity contribution in [3.8, 4) is 11.5 Å². The van der Waals surface area contributed by atoms with E-state index in [4.69, 9.17) is 4.74 Å². The van der Waals surface area contributed by atoms with Crippen molar-refractivity contribution in [2.24, 2.45) is 0 Å². The molecule has 1 N–H and O–H groups in total. The number of carbonyl (C=O) groups is 1. The average molecular weight is 315 g/mol. The molecule has 0 aliphatic rings. The Morgan fingerprint density at radius 3 is 2.91 bits per heavy atom. The predicted molar refractivity (Wildman–Crippen MR) is 84.2 cm³/mol. The fourth-order valence-electron chi connectivity index (χ4n) is 2.16. The van der Waals surface area contributed by atoms with Crippen LogP contribution in [0.4, 0.5) is 0 Å². The van der Waals surface area contributed by atoms with Crippen LogP contribution in [0.5, 0.6) is 0 Å². The summed E-state index contributed by atoms with van der Waals surface area (Å²) < 4.78 is 5.01. The normalized spacial score (nSPS) is 10.8. The molecule has 3 rings (SSSR count). The third-order valence-electron chi connectivity index (χ3n) is 3.17. The van der Waals surface area contributed by atoms with Gasteiger partial charge < -0.3 is 9.72 Å². The molecule has 0 aliphatic carbocycles. The molecule has 3 aromatic rings. The van der Waals surface area contributed by atoms with Gasteiger partial charge in [0.15, 0.2) is 5.82 Å². The lowest BCUT2D eigenvalue weighted by molar-refractivity contribution is 0.0531. The molecule has 0 bridgehead atoms. The van der Waals surface area contributed by atoms with E-state index in [0.29, 0.717) is 32.2 Å². The molecule has 0 aliphatic heterocycles. The van der Waals surface area contributed by atoms with Crippen molar-refractivity contribution in [1.29, 1.82) is 0 Å². The number of hydrogen-bond donors (Lipinski definition) is 1. The monoisotopic (exact) mass is 315 g/mol. The number of carbonyl (C=O) groups excluding carboxylic acids is 1. The standard InChI is InChI=1S/C15H13N3O3S/c1-3-21-15(20)11-8(2)10-13(19)17-12(18-14(10)22-11)9-6-4-5-7-16-9/h4-7H,3H2,1-2H3,(H,17,18,19). The molecule has 0 amide bonds. The fraction of sp³-hybridized carbons (Fsp3) is 0.200. The van der Waals surface area contributed by atoms with Crippen molar-refractivity contribution in [3.63, 3.8) is 0 Å². The Balaban J connectivity index is 2.19. The molecule has 0 saturated carbocycles. The fourth-order valence-corrected chi connectivity index (χ4v) is 3.23. The zero-order chi connectivity index (χ0) is 15.7. The third kappa shape index (κ3) is 2.39. The van der Waals surface area contributed by atoms with E-state index in [0.717, 1.165) is 11.3 Å². The average Bonchev–Trinajstić information content (AvgIpc) is 2.86. The molecule has 3 heterocycles. The summed E-state index contributed by atoms with van der Waals surface area (Å²) in [5.74, 6) is -0.0449. The van der Waals surface area contributed by atoms with Gasteiger partial charge in [0.25, 0.3) is 5.56 Å². The number of ether oxygens (including phenoxy) is 1. The second-order valence-electron chi connectivity index (χ2n) is 4.59. The van der Waals surface area contributed by atoms with Crippen LogP contribution in [-0.2, 0) is 4.74 Å².